The highest BCUT2D eigenvalue weighted by atomic mass is 16.2. The molecule has 3 N–H and O–H groups in total. The third-order valence-corrected chi connectivity index (χ3v) is 5.06. The van der Waals surface area contributed by atoms with Crippen LogP contribution in [0.4, 0.5) is 0 Å². The largest absolute Gasteiger partial charge is 0.349 e. The minimum absolute atomic E-state index is 0.125. The molecule has 0 bridgehead atoms. The van der Waals surface area contributed by atoms with Crippen molar-refractivity contribution >= 4 is 18.0 Å². The lowest BCUT2D eigenvalue weighted by atomic mass is 9.90. The van der Waals surface area contributed by atoms with Gasteiger partial charge in [-0.15, -0.1) is 0 Å². The van der Waals surface area contributed by atoms with E-state index in [0.29, 0.717) is 6.42 Å². The van der Waals surface area contributed by atoms with E-state index in [1.54, 1.807) is 0 Å². The van der Waals surface area contributed by atoms with Crippen LogP contribution in [0.3, 0.4) is 0 Å². The SMILES string of the molecule is Cc1cccc(C[C@H](NC(=O)C(c2ccccc2)c2ccccc2)C(=O)NCC=N)c1. The molecule has 31 heavy (non-hydrogen) atoms. The van der Waals surface area contributed by atoms with Gasteiger partial charge in [0.2, 0.25) is 11.8 Å². The van der Waals surface area contributed by atoms with Gasteiger partial charge in [-0.3, -0.25) is 9.59 Å². The van der Waals surface area contributed by atoms with Crippen LogP contribution >= 0.6 is 0 Å². The second-order valence-electron chi connectivity index (χ2n) is 7.46. The lowest BCUT2D eigenvalue weighted by molar-refractivity contribution is -0.129. The zero-order chi connectivity index (χ0) is 22.1. The van der Waals surface area contributed by atoms with E-state index < -0.39 is 12.0 Å². The average Bonchev–Trinajstić information content (AvgIpc) is 2.78. The number of hydrogen-bond donors (Lipinski definition) is 3. The Labute approximate surface area is 183 Å². The van der Waals surface area contributed by atoms with Crippen molar-refractivity contribution in [2.75, 3.05) is 6.54 Å². The molecule has 0 saturated heterocycles. The number of carbonyl (C=O) groups is 2. The van der Waals surface area contributed by atoms with Crippen LogP contribution in [-0.4, -0.2) is 30.6 Å². The van der Waals surface area contributed by atoms with Gasteiger partial charge in [0.05, 0.1) is 12.5 Å². The first-order chi connectivity index (χ1) is 15.1. The predicted molar refractivity (Wildman–Crippen MR) is 123 cm³/mol. The van der Waals surface area contributed by atoms with E-state index in [0.717, 1.165) is 28.5 Å². The van der Waals surface area contributed by atoms with E-state index in [4.69, 9.17) is 5.41 Å². The summed E-state index contributed by atoms with van der Waals surface area (Å²) < 4.78 is 0. The van der Waals surface area contributed by atoms with E-state index in [2.05, 4.69) is 10.6 Å². The third-order valence-electron chi connectivity index (χ3n) is 5.06. The molecule has 0 saturated carbocycles. The van der Waals surface area contributed by atoms with E-state index in [9.17, 15) is 9.59 Å². The molecule has 0 spiro atoms. The molecule has 3 aromatic carbocycles. The van der Waals surface area contributed by atoms with Gasteiger partial charge in [0.1, 0.15) is 6.04 Å². The molecular weight excluding hydrogens is 386 g/mol. The first-order valence-electron chi connectivity index (χ1n) is 10.3. The van der Waals surface area contributed by atoms with Crippen LogP contribution in [-0.2, 0) is 16.0 Å². The van der Waals surface area contributed by atoms with E-state index in [1.165, 1.54) is 0 Å². The number of nitrogens with one attached hydrogen (secondary N) is 3. The predicted octanol–water partition coefficient (Wildman–Crippen LogP) is 3.62. The Kier molecular flexibility index (Phi) is 7.71. The standard InChI is InChI=1S/C26H27N3O2/c1-19-9-8-10-20(17-19)18-23(25(30)28-16-15-27)29-26(31)24(21-11-4-2-5-12-21)22-13-6-3-7-14-22/h2-15,17,23-24,27H,16,18H2,1H3,(H,28,30)(H,29,31)/t23-/m0/s1. The molecule has 0 heterocycles. The number of amides is 2. The average molecular weight is 414 g/mol. The van der Waals surface area contributed by atoms with Gasteiger partial charge in [0, 0.05) is 12.6 Å². The fourth-order valence-corrected chi connectivity index (χ4v) is 3.60. The summed E-state index contributed by atoms with van der Waals surface area (Å²) in [5.74, 6) is -1.07. The molecule has 2 amide bonds. The molecule has 0 radical (unpaired) electrons. The minimum Gasteiger partial charge on any atom is -0.349 e. The molecule has 5 nitrogen and oxygen atoms in total. The molecule has 0 aliphatic heterocycles. The number of carbonyl (C=O) groups excluding carboxylic acids is 2. The van der Waals surface area contributed by atoms with Crippen LogP contribution in [0.5, 0.6) is 0 Å². The first-order valence-corrected chi connectivity index (χ1v) is 10.3. The summed E-state index contributed by atoms with van der Waals surface area (Å²) in [5, 5.41) is 12.9. The zero-order valence-corrected chi connectivity index (χ0v) is 17.5. The molecule has 5 heteroatoms. The summed E-state index contributed by atoms with van der Waals surface area (Å²) in [5.41, 5.74) is 3.78. The number of hydrogen-bond acceptors (Lipinski definition) is 3. The van der Waals surface area contributed by atoms with Crippen LogP contribution in [0.1, 0.15) is 28.2 Å². The maximum absolute atomic E-state index is 13.5. The molecule has 0 unspecified atom stereocenters. The Balaban J connectivity index is 1.88. The van der Waals surface area contributed by atoms with Gasteiger partial charge in [0.15, 0.2) is 0 Å². The van der Waals surface area contributed by atoms with E-state index >= 15 is 0 Å². The van der Waals surface area contributed by atoms with Crippen molar-refractivity contribution in [2.45, 2.75) is 25.3 Å². The van der Waals surface area contributed by atoms with Crippen LogP contribution in [0.15, 0.2) is 84.9 Å². The monoisotopic (exact) mass is 413 g/mol. The minimum atomic E-state index is -0.746. The van der Waals surface area contributed by atoms with Gasteiger partial charge >= 0.3 is 0 Å². The quantitative estimate of drug-likeness (QED) is 0.468. The van der Waals surface area contributed by atoms with Crippen molar-refractivity contribution in [3.63, 3.8) is 0 Å². The zero-order valence-electron chi connectivity index (χ0n) is 17.5. The van der Waals surface area contributed by atoms with Gasteiger partial charge in [-0.2, -0.15) is 0 Å². The number of rotatable bonds is 9. The Morgan fingerprint density at radius 1 is 0.871 bits per heavy atom. The first kappa shape index (κ1) is 22.0. The molecule has 3 rings (SSSR count). The molecule has 158 valence electrons. The summed E-state index contributed by atoms with van der Waals surface area (Å²) in [6.07, 6.45) is 1.49. The maximum Gasteiger partial charge on any atom is 0.243 e. The van der Waals surface area contributed by atoms with Gasteiger partial charge in [-0.1, -0.05) is 90.5 Å². The van der Waals surface area contributed by atoms with Gasteiger partial charge in [-0.05, 0) is 23.6 Å². The van der Waals surface area contributed by atoms with E-state index in [-0.39, 0.29) is 18.4 Å². The van der Waals surface area contributed by atoms with Crippen molar-refractivity contribution in [2.24, 2.45) is 0 Å². The number of benzene rings is 3. The topological polar surface area (TPSA) is 82.1 Å². The normalized spacial score (nSPS) is 11.5. The molecule has 0 aliphatic carbocycles. The van der Waals surface area contributed by atoms with E-state index in [1.807, 2.05) is 91.9 Å². The van der Waals surface area contributed by atoms with Gasteiger partial charge < -0.3 is 16.0 Å². The van der Waals surface area contributed by atoms with Crippen LogP contribution in [0.25, 0.3) is 0 Å². The Morgan fingerprint density at radius 3 is 2.03 bits per heavy atom. The Bertz CT molecular complexity index is 980. The summed E-state index contributed by atoms with van der Waals surface area (Å²) in [4.78, 5) is 26.2. The van der Waals surface area contributed by atoms with Crippen molar-refractivity contribution in [3.8, 4) is 0 Å². The highest BCUT2D eigenvalue weighted by molar-refractivity contribution is 5.93. The molecule has 0 aliphatic rings. The van der Waals surface area contributed by atoms with Crippen molar-refractivity contribution in [1.29, 1.82) is 5.41 Å². The second-order valence-corrected chi connectivity index (χ2v) is 7.46. The Hall–Kier alpha value is -3.73. The Morgan fingerprint density at radius 2 is 1.48 bits per heavy atom. The molecule has 0 aromatic heterocycles. The fraction of sp³-hybridized carbons (Fsp3) is 0.192. The highest BCUT2D eigenvalue weighted by Gasteiger charge is 2.28. The number of aryl methyl sites for hydroxylation is 1. The summed E-state index contributed by atoms with van der Waals surface area (Å²) in [6, 6.07) is 26.2. The molecule has 0 fully saturated rings. The summed E-state index contributed by atoms with van der Waals surface area (Å²) in [6.45, 7) is 2.12. The van der Waals surface area contributed by atoms with Crippen LogP contribution < -0.4 is 10.6 Å². The fourth-order valence-electron chi connectivity index (χ4n) is 3.60. The van der Waals surface area contributed by atoms with Crippen LogP contribution in [0, 0.1) is 12.3 Å². The van der Waals surface area contributed by atoms with Crippen molar-refractivity contribution < 1.29 is 9.59 Å². The van der Waals surface area contributed by atoms with Crippen molar-refractivity contribution in [1.82, 2.24) is 10.6 Å². The molecule has 3 aromatic rings. The third kappa shape index (κ3) is 6.12. The van der Waals surface area contributed by atoms with Crippen LogP contribution in [0.2, 0.25) is 0 Å². The lowest BCUT2D eigenvalue weighted by Crippen LogP contribution is -2.49. The molecular formula is C26H27N3O2. The van der Waals surface area contributed by atoms with Crippen molar-refractivity contribution in [3.05, 3.63) is 107 Å². The second kappa shape index (κ2) is 10.9. The maximum atomic E-state index is 13.5. The van der Waals surface area contributed by atoms with Gasteiger partial charge in [0.25, 0.3) is 0 Å². The smallest absolute Gasteiger partial charge is 0.243 e. The summed E-state index contributed by atoms with van der Waals surface area (Å²) in [7, 11) is 0. The highest BCUT2D eigenvalue weighted by Crippen LogP contribution is 2.25. The summed E-state index contributed by atoms with van der Waals surface area (Å²) >= 11 is 0. The molecule has 1 atom stereocenters. The lowest BCUT2D eigenvalue weighted by Gasteiger charge is -2.23. The van der Waals surface area contributed by atoms with Gasteiger partial charge in [-0.25, -0.2) is 0 Å².